The third-order valence-corrected chi connectivity index (χ3v) is 2.41. The molecule has 0 aromatic heterocycles. The van der Waals surface area contributed by atoms with Crippen molar-refractivity contribution in [2.45, 2.75) is 39.3 Å². The summed E-state index contributed by atoms with van der Waals surface area (Å²) in [6, 6.07) is 1.33. The van der Waals surface area contributed by atoms with Crippen molar-refractivity contribution in [1.82, 2.24) is 4.90 Å². The van der Waals surface area contributed by atoms with Crippen LogP contribution < -0.4 is 0 Å². The van der Waals surface area contributed by atoms with Gasteiger partial charge in [0, 0.05) is 18.6 Å². The fraction of sp³-hybridized carbons (Fsp3) is 1.00. The van der Waals surface area contributed by atoms with Crippen LogP contribution in [0.2, 0.25) is 0 Å². The molecule has 0 amide bonds. The quantitative estimate of drug-likeness (QED) is 0.602. The zero-order valence-corrected chi connectivity index (χ0v) is 7.84. The molecule has 1 saturated heterocycles. The summed E-state index contributed by atoms with van der Waals surface area (Å²) in [6.07, 6.45) is 1.21. The van der Waals surface area contributed by atoms with E-state index in [0.717, 1.165) is 19.8 Å². The Hall–Kier alpha value is -0.0800. The maximum Gasteiger partial charge on any atom is 0.0622 e. The molecule has 2 nitrogen and oxygen atoms in total. The van der Waals surface area contributed by atoms with Crippen LogP contribution in [0.1, 0.15) is 27.2 Å². The van der Waals surface area contributed by atoms with Crippen LogP contribution in [0, 0.1) is 0 Å². The largest absolute Gasteiger partial charge is 0.378 e. The molecular weight excluding hydrogens is 138 g/mol. The standard InChI is InChI=1S/C9H19NO/c1-4-9-7-11-6-5-10(9)8(2)3/h8-9H,4-7H2,1-3H3. The Morgan fingerprint density at radius 1 is 1.55 bits per heavy atom. The van der Waals surface area contributed by atoms with Gasteiger partial charge in [-0.15, -0.1) is 0 Å². The maximum atomic E-state index is 5.41. The summed E-state index contributed by atoms with van der Waals surface area (Å²) in [5.74, 6) is 0. The highest BCUT2D eigenvalue weighted by Gasteiger charge is 2.22. The Labute approximate surface area is 69.5 Å². The van der Waals surface area contributed by atoms with Gasteiger partial charge in [0.05, 0.1) is 13.2 Å². The van der Waals surface area contributed by atoms with Gasteiger partial charge in [-0.1, -0.05) is 6.92 Å². The van der Waals surface area contributed by atoms with Gasteiger partial charge in [0.25, 0.3) is 0 Å². The minimum atomic E-state index is 0.656. The lowest BCUT2D eigenvalue weighted by Crippen LogP contribution is -2.48. The molecule has 1 fully saturated rings. The van der Waals surface area contributed by atoms with Crippen LogP contribution in [-0.2, 0) is 4.74 Å². The van der Waals surface area contributed by atoms with Gasteiger partial charge >= 0.3 is 0 Å². The average molecular weight is 157 g/mol. The second kappa shape index (κ2) is 4.07. The molecule has 0 aromatic rings. The SMILES string of the molecule is CCC1COCCN1C(C)C. The minimum absolute atomic E-state index is 0.656. The molecule has 1 aliphatic heterocycles. The monoisotopic (exact) mass is 157 g/mol. The molecule has 1 unspecified atom stereocenters. The molecule has 0 aliphatic carbocycles. The predicted octanol–water partition coefficient (Wildman–Crippen LogP) is 1.51. The summed E-state index contributed by atoms with van der Waals surface area (Å²) in [6.45, 7) is 9.69. The third-order valence-electron chi connectivity index (χ3n) is 2.41. The summed E-state index contributed by atoms with van der Waals surface area (Å²) >= 11 is 0. The first-order valence-corrected chi connectivity index (χ1v) is 4.59. The number of hydrogen-bond donors (Lipinski definition) is 0. The smallest absolute Gasteiger partial charge is 0.0622 e. The highest BCUT2D eigenvalue weighted by atomic mass is 16.5. The highest BCUT2D eigenvalue weighted by Crippen LogP contribution is 2.12. The lowest BCUT2D eigenvalue weighted by Gasteiger charge is -2.37. The molecule has 2 heteroatoms. The molecule has 66 valence electrons. The Balaban J connectivity index is 2.44. The van der Waals surface area contributed by atoms with Gasteiger partial charge in [-0.25, -0.2) is 0 Å². The van der Waals surface area contributed by atoms with E-state index in [0.29, 0.717) is 12.1 Å². The molecule has 0 aromatic carbocycles. The van der Waals surface area contributed by atoms with Crippen molar-refractivity contribution in [2.75, 3.05) is 19.8 Å². The van der Waals surface area contributed by atoms with Gasteiger partial charge in [0.2, 0.25) is 0 Å². The molecule has 0 saturated carbocycles. The van der Waals surface area contributed by atoms with E-state index in [1.54, 1.807) is 0 Å². The van der Waals surface area contributed by atoms with Gasteiger partial charge in [0.15, 0.2) is 0 Å². The molecule has 0 bridgehead atoms. The first-order valence-electron chi connectivity index (χ1n) is 4.59. The Morgan fingerprint density at radius 3 is 2.73 bits per heavy atom. The summed E-state index contributed by atoms with van der Waals surface area (Å²) in [4.78, 5) is 2.53. The Kier molecular flexibility index (Phi) is 3.34. The van der Waals surface area contributed by atoms with E-state index in [4.69, 9.17) is 4.74 Å². The average Bonchev–Trinajstić information content (AvgIpc) is 2.04. The van der Waals surface area contributed by atoms with Crippen molar-refractivity contribution in [1.29, 1.82) is 0 Å². The summed E-state index contributed by atoms with van der Waals surface area (Å²) in [5.41, 5.74) is 0. The van der Waals surface area contributed by atoms with Gasteiger partial charge in [-0.3, -0.25) is 4.90 Å². The number of rotatable bonds is 2. The molecule has 11 heavy (non-hydrogen) atoms. The first-order chi connectivity index (χ1) is 5.25. The van der Waals surface area contributed by atoms with E-state index in [1.807, 2.05) is 0 Å². The highest BCUT2D eigenvalue weighted by molar-refractivity contribution is 4.76. The fourth-order valence-electron chi connectivity index (χ4n) is 1.70. The molecule has 1 heterocycles. The van der Waals surface area contributed by atoms with E-state index in [2.05, 4.69) is 25.7 Å². The fourth-order valence-corrected chi connectivity index (χ4v) is 1.70. The van der Waals surface area contributed by atoms with Gasteiger partial charge in [0.1, 0.15) is 0 Å². The van der Waals surface area contributed by atoms with Crippen LogP contribution in [0.25, 0.3) is 0 Å². The zero-order valence-electron chi connectivity index (χ0n) is 7.84. The van der Waals surface area contributed by atoms with E-state index in [-0.39, 0.29) is 0 Å². The number of ether oxygens (including phenoxy) is 1. The van der Waals surface area contributed by atoms with Crippen molar-refractivity contribution in [3.05, 3.63) is 0 Å². The van der Waals surface area contributed by atoms with Crippen molar-refractivity contribution >= 4 is 0 Å². The van der Waals surface area contributed by atoms with Crippen LogP contribution in [0.4, 0.5) is 0 Å². The zero-order chi connectivity index (χ0) is 8.27. The van der Waals surface area contributed by atoms with E-state index >= 15 is 0 Å². The second-order valence-corrected chi connectivity index (χ2v) is 3.47. The lowest BCUT2D eigenvalue weighted by atomic mass is 10.1. The van der Waals surface area contributed by atoms with Gasteiger partial charge < -0.3 is 4.74 Å². The number of nitrogens with zero attached hydrogens (tertiary/aromatic N) is 1. The summed E-state index contributed by atoms with van der Waals surface area (Å²) in [5, 5.41) is 0. The molecule has 1 rings (SSSR count). The molecule has 1 aliphatic rings. The number of hydrogen-bond acceptors (Lipinski definition) is 2. The van der Waals surface area contributed by atoms with E-state index < -0.39 is 0 Å². The van der Waals surface area contributed by atoms with Crippen molar-refractivity contribution in [3.63, 3.8) is 0 Å². The lowest BCUT2D eigenvalue weighted by molar-refractivity contribution is -0.0231. The Bertz CT molecular complexity index is 114. The molecule has 0 N–H and O–H groups in total. The second-order valence-electron chi connectivity index (χ2n) is 3.47. The van der Waals surface area contributed by atoms with Crippen molar-refractivity contribution < 1.29 is 4.74 Å². The van der Waals surface area contributed by atoms with Gasteiger partial charge in [-0.05, 0) is 20.3 Å². The summed E-state index contributed by atoms with van der Waals surface area (Å²) < 4.78 is 5.41. The van der Waals surface area contributed by atoms with Crippen LogP contribution in [0.15, 0.2) is 0 Å². The van der Waals surface area contributed by atoms with Crippen LogP contribution in [0.3, 0.4) is 0 Å². The minimum Gasteiger partial charge on any atom is -0.378 e. The molecule has 0 radical (unpaired) electrons. The Morgan fingerprint density at radius 2 is 2.27 bits per heavy atom. The molecule has 1 atom stereocenters. The van der Waals surface area contributed by atoms with Gasteiger partial charge in [-0.2, -0.15) is 0 Å². The van der Waals surface area contributed by atoms with Crippen LogP contribution in [0.5, 0.6) is 0 Å². The van der Waals surface area contributed by atoms with E-state index in [1.165, 1.54) is 6.42 Å². The van der Waals surface area contributed by atoms with Crippen LogP contribution in [-0.4, -0.2) is 36.7 Å². The summed E-state index contributed by atoms with van der Waals surface area (Å²) in [7, 11) is 0. The maximum absolute atomic E-state index is 5.41. The van der Waals surface area contributed by atoms with Crippen molar-refractivity contribution in [3.8, 4) is 0 Å². The normalized spacial score (nSPS) is 27.8. The number of morpholine rings is 1. The third kappa shape index (κ3) is 2.17. The van der Waals surface area contributed by atoms with Crippen LogP contribution >= 0.6 is 0 Å². The topological polar surface area (TPSA) is 12.5 Å². The predicted molar refractivity (Wildman–Crippen MR) is 46.7 cm³/mol. The first kappa shape index (κ1) is 9.01. The van der Waals surface area contributed by atoms with E-state index in [9.17, 15) is 0 Å². The molecule has 0 spiro atoms. The van der Waals surface area contributed by atoms with Crippen molar-refractivity contribution in [2.24, 2.45) is 0 Å². The molecular formula is C9H19NO.